The van der Waals surface area contributed by atoms with Crippen LogP contribution in [0.4, 0.5) is 0 Å². The molecule has 0 heterocycles. The van der Waals surface area contributed by atoms with Gasteiger partial charge >= 0.3 is 0 Å². The highest BCUT2D eigenvalue weighted by Gasteiger charge is 2.08. The molecule has 0 aromatic heterocycles. The molecule has 7 heavy (non-hydrogen) atoms. The van der Waals surface area contributed by atoms with Crippen molar-refractivity contribution in [1.29, 1.82) is 0 Å². The van der Waals surface area contributed by atoms with Crippen LogP contribution in [-0.4, -0.2) is 12.0 Å². The van der Waals surface area contributed by atoms with Gasteiger partial charge in [-0.2, -0.15) is 0 Å². The lowest BCUT2D eigenvalue weighted by molar-refractivity contribution is 1.02. The second-order valence-electron chi connectivity index (χ2n) is 2.17. The maximum absolute atomic E-state index is 5.80. The van der Waals surface area contributed by atoms with Crippen LogP contribution in [0.3, 0.4) is 0 Å². The van der Waals surface area contributed by atoms with E-state index in [1.807, 2.05) is 0 Å². The highest BCUT2D eigenvalue weighted by Crippen LogP contribution is 2.04. The molecule has 0 saturated heterocycles. The van der Waals surface area contributed by atoms with Crippen molar-refractivity contribution in [2.75, 3.05) is 0 Å². The van der Waals surface area contributed by atoms with Gasteiger partial charge in [-0.15, -0.1) is 11.6 Å². The smallest absolute Gasteiger partial charge is 0.132 e. The van der Waals surface area contributed by atoms with Gasteiger partial charge in [-0.1, -0.05) is 20.6 Å². The average Bonchev–Trinajstić information content (AvgIpc) is 1.65. The summed E-state index contributed by atoms with van der Waals surface area (Å²) < 4.78 is 0. The molecule has 0 spiro atoms. The van der Waals surface area contributed by atoms with E-state index >= 15 is 0 Å². The number of hydrogen-bond donors (Lipinski definition) is 0. The monoisotopic (exact) mass is 118 g/mol. The van der Waals surface area contributed by atoms with E-state index in [9.17, 15) is 0 Å². The van der Waals surface area contributed by atoms with Crippen molar-refractivity contribution < 1.29 is 0 Å². The highest BCUT2D eigenvalue weighted by molar-refractivity contribution is 6.67. The van der Waals surface area contributed by atoms with Crippen LogP contribution in [0.1, 0.15) is 13.3 Å². The Labute approximate surface area is 51.3 Å². The SMILES string of the molecule is CC[C@@H](Cl)B(C)C. The van der Waals surface area contributed by atoms with Crippen LogP contribution < -0.4 is 0 Å². The number of hydrogen-bond acceptors (Lipinski definition) is 0. The molecule has 0 radical (unpaired) electrons. The fraction of sp³-hybridized carbons (Fsp3) is 1.00. The number of halogens is 1. The minimum absolute atomic E-state index is 0.375. The predicted molar refractivity (Wildman–Crippen MR) is 37.4 cm³/mol. The van der Waals surface area contributed by atoms with Gasteiger partial charge in [0.1, 0.15) is 0 Å². The van der Waals surface area contributed by atoms with Gasteiger partial charge in [-0.05, 0) is 6.42 Å². The number of rotatable bonds is 2. The highest BCUT2D eigenvalue weighted by atomic mass is 35.5. The molecule has 0 bridgehead atoms. The molecule has 0 N–H and O–H groups in total. The third-order valence-electron chi connectivity index (χ3n) is 1.11. The maximum atomic E-state index is 5.80. The molecule has 2 heteroatoms. The van der Waals surface area contributed by atoms with Gasteiger partial charge in [0, 0.05) is 5.28 Å². The van der Waals surface area contributed by atoms with Crippen molar-refractivity contribution in [1.82, 2.24) is 0 Å². The van der Waals surface area contributed by atoms with Gasteiger partial charge in [0.05, 0.1) is 0 Å². The molecule has 0 amide bonds. The summed E-state index contributed by atoms with van der Waals surface area (Å²) in [5.41, 5.74) is 0. The molecule has 0 aromatic carbocycles. The van der Waals surface area contributed by atoms with Crippen LogP contribution in [0.25, 0.3) is 0 Å². The molecule has 0 aliphatic heterocycles. The Balaban J connectivity index is 3.14. The minimum atomic E-state index is 0.375. The summed E-state index contributed by atoms with van der Waals surface area (Å²) in [5.74, 6) is 0. The molecule has 1 atom stereocenters. The van der Waals surface area contributed by atoms with Crippen LogP contribution in [0.15, 0.2) is 0 Å². The summed E-state index contributed by atoms with van der Waals surface area (Å²) in [6, 6.07) is 0. The van der Waals surface area contributed by atoms with Crippen molar-refractivity contribution in [3.63, 3.8) is 0 Å². The van der Waals surface area contributed by atoms with E-state index in [0.717, 1.165) is 6.42 Å². The molecule has 0 rings (SSSR count). The summed E-state index contributed by atoms with van der Waals surface area (Å²) in [4.78, 5) is 0. The van der Waals surface area contributed by atoms with E-state index in [1.54, 1.807) is 0 Å². The lowest BCUT2D eigenvalue weighted by atomic mass is 9.51. The zero-order valence-electron chi connectivity index (χ0n) is 5.24. The van der Waals surface area contributed by atoms with Gasteiger partial charge < -0.3 is 0 Å². The normalized spacial score (nSPS) is 13.7. The number of alkyl halides is 1. The van der Waals surface area contributed by atoms with Crippen LogP contribution >= 0.6 is 11.6 Å². The van der Waals surface area contributed by atoms with E-state index in [2.05, 4.69) is 20.6 Å². The standard InChI is InChI=1S/C5H12BCl/c1-4-5(7)6(2)3/h5H,4H2,1-3H3/t5-/m1/s1. The molecule has 0 aliphatic carbocycles. The zero-order valence-corrected chi connectivity index (χ0v) is 6.00. The first-order chi connectivity index (χ1) is 3.18. The molecule has 0 unspecified atom stereocenters. The average molecular weight is 118 g/mol. The van der Waals surface area contributed by atoms with Crippen molar-refractivity contribution in [2.24, 2.45) is 0 Å². The largest absolute Gasteiger partial charge is 0.155 e. The third kappa shape index (κ3) is 2.98. The Morgan fingerprint density at radius 1 is 1.57 bits per heavy atom. The fourth-order valence-electron chi connectivity index (χ4n) is 0.471. The van der Waals surface area contributed by atoms with E-state index in [-0.39, 0.29) is 0 Å². The summed E-state index contributed by atoms with van der Waals surface area (Å²) in [6.45, 7) is 7.02. The maximum Gasteiger partial charge on any atom is 0.155 e. The summed E-state index contributed by atoms with van der Waals surface area (Å²) in [7, 11) is 0. The molecule has 0 saturated carbocycles. The van der Waals surface area contributed by atoms with Crippen molar-refractivity contribution in [3.8, 4) is 0 Å². The first-order valence-electron chi connectivity index (χ1n) is 2.82. The predicted octanol–water partition coefficient (Wildman–Crippen LogP) is 2.30. The summed E-state index contributed by atoms with van der Waals surface area (Å²) in [5, 5.41) is 0.375. The molecular formula is C5H12BCl. The van der Waals surface area contributed by atoms with E-state index in [0.29, 0.717) is 12.0 Å². The van der Waals surface area contributed by atoms with Crippen molar-refractivity contribution in [2.45, 2.75) is 32.3 Å². The molecule has 0 aromatic rings. The second kappa shape index (κ2) is 3.37. The molecular weight excluding hydrogens is 106 g/mol. The van der Waals surface area contributed by atoms with E-state index in [4.69, 9.17) is 11.6 Å². The van der Waals surface area contributed by atoms with Crippen LogP contribution in [0.5, 0.6) is 0 Å². The summed E-state index contributed by atoms with van der Waals surface area (Å²) >= 11 is 5.80. The molecule has 0 aliphatic rings. The van der Waals surface area contributed by atoms with E-state index in [1.165, 1.54) is 0 Å². The first-order valence-corrected chi connectivity index (χ1v) is 3.26. The Morgan fingerprint density at radius 3 is 2.00 bits per heavy atom. The topological polar surface area (TPSA) is 0 Å². The third-order valence-corrected chi connectivity index (χ3v) is 1.93. The van der Waals surface area contributed by atoms with Crippen molar-refractivity contribution >= 4 is 18.3 Å². The lowest BCUT2D eigenvalue weighted by Crippen LogP contribution is -2.16. The Hall–Kier alpha value is 0.355. The second-order valence-corrected chi connectivity index (χ2v) is 2.73. The Kier molecular flexibility index (Phi) is 3.54. The first kappa shape index (κ1) is 7.35. The quantitative estimate of drug-likeness (QED) is 0.385. The van der Waals surface area contributed by atoms with Gasteiger partial charge in [0.15, 0.2) is 6.71 Å². The van der Waals surface area contributed by atoms with Gasteiger partial charge in [0.25, 0.3) is 0 Å². The summed E-state index contributed by atoms with van der Waals surface area (Å²) in [6.07, 6.45) is 1.08. The molecule has 0 fully saturated rings. The minimum Gasteiger partial charge on any atom is -0.132 e. The Bertz CT molecular complexity index is 45.3. The van der Waals surface area contributed by atoms with E-state index < -0.39 is 0 Å². The van der Waals surface area contributed by atoms with Crippen molar-refractivity contribution in [3.05, 3.63) is 0 Å². The zero-order chi connectivity index (χ0) is 5.86. The van der Waals surface area contributed by atoms with Gasteiger partial charge in [-0.25, -0.2) is 0 Å². The lowest BCUT2D eigenvalue weighted by Gasteiger charge is -2.04. The van der Waals surface area contributed by atoms with Crippen LogP contribution in [0, 0.1) is 0 Å². The molecule has 42 valence electrons. The Morgan fingerprint density at radius 2 is 2.00 bits per heavy atom. The van der Waals surface area contributed by atoms with Gasteiger partial charge in [-0.3, -0.25) is 0 Å². The van der Waals surface area contributed by atoms with Crippen LogP contribution in [-0.2, 0) is 0 Å². The molecule has 0 nitrogen and oxygen atoms in total. The van der Waals surface area contributed by atoms with Crippen LogP contribution in [0.2, 0.25) is 13.6 Å². The fourth-order valence-corrected chi connectivity index (χ4v) is 0.471. The van der Waals surface area contributed by atoms with Gasteiger partial charge in [0.2, 0.25) is 0 Å².